The van der Waals surface area contributed by atoms with Crippen molar-refractivity contribution in [1.29, 1.82) is 0 Å². The summed E-state index contributed by atoms with van der Waals surface area (Å²) in [6.07, 6.45) is 0. The van der Waals surface area contributed by atoms with Crippen molar-refractivity contribution in [2.45, 2.75) is 34.2 Å². The molecule has 1 saturated heterocycles. The summed E-state index contributed by atoms with van der Waals surface area (Å²) in [4.78, 5) is 5.02. The zero-order valence-electron chi connectivity index (χ0n) is 14.1. The molecule has 1 aromatic carbocycles. The fourth-order valence-electron chi connectivity index (χ4n) is 3.38. The molecule has 3 nitrogen and oxygen atoms in total. The quantitative estimate of drug-likeness (QED) is 0.858. The van der Waals surface area contributed by atoms with Crippen molar-refractivity contribution in [2.75, 3.05) is 31.1 Å². The maximum atomic E-state index is 5.81. The lowest BCUT2D eigenvalue weighted by atomic mass is 10.1. The second-order valence-electron chi connectivity index (χ2n) is 6.46. The van der Waals surface area contributed by atoms with E-state index in [4.69, 9.17) is 4.42 Å². The Morgan fingerprint density at radius 2 is 1.55 bits per heavy atom. The third-order valence-corrected chi connectivity index (χ3v) is 4.72. The monoisotopic (exact) mass is 298 g/mol. The number of piperazine rings is 1. The first-order chi connectivity index (χ1) is 10.5. The first-order valence-electron chi connectivity index (χ1n) is 8.14. The Balaban J connectivity index is 1.63. The fourth-order valence-corrected chi connectivity index (χ4v) is 3.38. The maximum Gasteiger partial charge on any atom is 0.118 e. The second-order valence-corrected chi connectivity index (χ2v) is 6.46. The molecule has 118 valence electrons. The van der Waals surface area contributed by atoms with Crippen molar-refractivity contribution in [1.82, 2.24) is 4.90 Å². The van der Waals surface area contributed by atoms with Gasteiger partial charge < -0.3 is 9.32 Å². The SMILES string of the molecule is Cc1cc(CN2CCN(c3c(C)cccc3C)CC2)oc1C. The minimum Gasteiger partial charge on any atom is -0.465 e. The molecule has 0 N–H and O–H groups in total. The largest absolute Gasteiger partial charge is 0.465 e. The van der Waals surface area contributed by atoms with Gasteiger partial charge in [-0.1, -0.05) is 18.2 Å². The van der Waals surface area contributed by atoms with Crippen molar-refractivity contribution < 1.29 is 4.42 Å². The van der Waals surface area contributed by atoms with Crippen LogP contribution in [0.15, 0.2) is 28.7 Å². The van der Waals surface area contributed by atoms with Crippen molar-refractivity contribution >= 4 is 5.69 Å². The van der Waals surface area contributed by atoms with Gasteiger partial charge in [0.2, 0.25) is 0 Å². The Labute approximate surface area is 133 Å². The van der Waals surface area contributed by atoms with Crippen molar-refractivity contribution in [3.8, 4) is 0 Å². The molecule has 3 heteroatoms. The average molecular weight is 298 g/mol. The highest BCUT2D eigenvalue weighted by Crippen LogP contribution is 2.26. The lowest BCUT2D eigenvalue weighted by Crippen LogP contribution is -2.46. The van der Waals surface area contributed by atoms with E-state index >= 15 is 0 Å². The molecule has 0 spiro atoms. The highest BCUT2D eigenvalue weighted by Gasteiger charge is 2.20. The number of furan rings is 1. The smallest absolute Gasteiger partial charge is 0.118 e. The van der Waals surface area contributed by atoms with Crippen LogP contribution in [-0.4, -0.2) is 31.1 Å². The van der Waals surface area contributed by atoms with E-state index in [1.807, 2.05) is 6.92 Å². The van der Waals surface area contributed by atoms with E-state index in [-0.39, 0.29) is 0 Å². The van der Waals surface area contributed by atoms with Gasteiger partial charge in [-0.3, -0.25) is 4.90 Å². The van der Waals surface area contributed by atoms with Gasteiger partial charge in [-0.25, -0.2) is 0 Å². The van der Waals surface area contributed by atoms with Crippen molar-refractivity contribution in [3.63, 3.8) is 0 Å². The summed E-state index contributed by atoms with van der Waals surface area (Å²) in [6.45, 7) is 13.9. The minimum atomic E-state index is 0.926. The average Bonchev–Trinajstić information content (AvgIpc) is 2.79. The van der Waals surface area contributed by atoms with Crippen LogP contribution in [0.3, 0.4) is 0 Å². The number of hydrogen-bond acceptors (Lipinski definition) is 3. The minimum absolute atomic E-state index is 0.926. The standard InChI is InChI=1S/C19H26N2O/c1-14-6-5-7-15(2)19(14)21-10-8-20(9-11-21)13-18-12-16(3)17(4)22-18/h5-7,12H,8-11,13H2,1-4H3. The van der Waals surface area contributed by atoms with Crippen LogP contribution in [0, 0.1) is 27.7 Å². The van der Waals surface area contributed by atoms with Crippen LogP contribution in [-0.2, 0) is 6.54 Å². The van der Waals surface area contributed by atoms with Crippen LogP contribution < -0.4 is 4.90 Å². The number of rotatable bonds is 3. The van der Waals surface area contributed by atoms with Crippen molar-refractivity contribution in [3.05, 3.63) is 52.5 Å². The van der Waals surface area contributed by atoms with Gasteiger partial charge in [-0.2, -0.15) is 0 Å². The molecular weight excluding hydrogens is 272 g/mol. The van der Waals surface area contributed by atoms with Crippen LogP contribution in [0.1, 0.15) is 28.2 Å². The van der Waals surface area contributed by atoms with E-state index in [0.29, 0.717) is 0 Å². The predicted octanol–water partition coefficient (Wildman–Crippen LogP) is 3.84. The van der Waals surface area contributed by atoms with E-state index in [1.54, 1.807) is 0 Å². The van der Waals surface area contributed by atoms with Gasteiger partial charge in [-0.05, 0) is 50.5 Å². The molecule has 0 unspecified atom stereocenters. The zero-order chi connectivity index (χ0) is 15.7. The third-order valence-electron chi connectivity index (χ3n) is 4.72. The first-order valence-corrected chi connectivity index (χ1v) is 8.14. The summed E-state index contributed by atoms with van der Waals surface area (Å²) in [5, 5.41) is 0. The summed E-state index contributed by atoms with van der Waals surface area (Å²) in [7, 11) is 0. The Morgan fingerprint density at radius 3 is 2.09 bits per heavy atom. The van der Waals surface area contributed by atoms with E-state index < -0.39 is 0 Å². The van der Waals surface area contributed by atoms with Crippen LogP contribution >= 0.6 is 0 Å². The first kappa shape index (κ1) is 15.2. The fraction of sp³-hybridized carbons (Fsp3) is 0.474. The van der Waals surface area contributed by atoms with E-state index in [1.165, 1.54) is 22.4 Å². The summed E-state index contributed by atoms with van der Waals surface area (Å²) in [5.74, 6) is 2.14. The van der Waals surface area contributed by atoms with Gasteiger partial charge in [0, 0.05) is 31.9 Å². The molecule has 0 atom stereocenters. The molecule has 22 heavy (non-hydrogen) atoms. The predicted molar refractivity (Wildman–Crippen MR) is 91.6 cm³/mol. The molecule has 2 heterocycles. The lowest BCUT2D eigenvalue weighted by Gasteiger charge is -2.37. The van der Waals surface area contributed by atoms with Crippen LogP contribution in [0.25, 0.3) is 0 Å². The Morgan fingerprint density at radius 1 is 0.909 bits per heavy atom. The number of benzene rings is 1. The van der Waals surface area contributed by atoms with Gasteiger partial charge >= 0.3 is 0 Å². The summed E-state index contributed by atoms with van der Waals surface area (Å²) >= 11 is 0. The van der Waals surface area contributed by atoms with E-state index in [9.17, 15) is 0 Å². The molecular formula is C19H26N2O. The molecule has 0 bridgehead atoms. The van der Waals surface area contributed by atoms with Crippen LogP contribution in [0.2, 0.25) is 0 Å². The summed E-state index contributed by atoms with van der Waals surface area (Å²) < 4.78 is 5.81. The van der Waals surface area contributed by atoms with Gasteiger partial charge in [0.25, 0.3) is 0 Å². The molecule has 1 aliphatic heterocycles. The molecule has 0 amide bonds. The molecule has 0 radical (unpaired) electrons. The Hall–Kier alpha value is -1.74. The third kappa shape index (κ3) is 3.05. The van der Waals surface area contributed by atoms with E-state index in [2.05, 4.69) is 54.8 Å². The Bertz CT molecular complexity index is 612. The maximum absolute atomic E-state index is 5.81. The van der Waals surface area contributed by atoms with Crippen LogP contribution in [0.5, 0.6) is 0 Å². The number of anilines is 1. The second kappa shape index (κ2) is 6.17. The molecule has 1 aliphatic rings. The number of nitrogens with zero attached hydrogens (tertiary/aromatic N) is 2. The summed E-state index contributed by atoms with van der Waals surface area (Å²) in [6, 6.07) is 8.74. The molecule has 2 aromatic rings. The molecule has 0 aliphatic carbocycles. The van der Waals surface area contributed by atoms with Gasteiger partial charge in [0.05, 0.1) is 6.54 Å². The number of para-hydroxylation sites is 1. The highest BCUT2D eigenvalue weighted by atomic mass is 16.3. The van der Waals surface area contributed by atoms with Gasteiger partial charge in [0.1, 0.15) is 11.5 Å². The van der Waals surface area contributed by atoms with Crippen molar-refractivity contribution in [2.24, 2.45) is 0 Å². The van der Waals surface area contributed by atoms with Crippen LogP contribution in [0.4, 0.5) is 5.69 Å². The molecule has 0 saturated carbocycles. The molecule has 1 fully saturated rings. The number of hydrogen-bond donors (Lipinski definition) is 0. The highest BCUT2D eigenvalue weighted by molar-refractivity contribution is 5.59. The topological polar surface area (TPSA) is 19.6 Å². The molecule has 1 aromatic heterocycles. The lowest BCUT2D eigenvalue weighted by molar-refractivity contribution is 0.229. The number of aryl methyl sites for hydroxylation is 4. The zero-order valence-corrected chi connectivity index (χ0v) is 14.1. The van der Waals surface area contributed by atoms with E-state index in [0.717, 1.165) is 44.2 Å². The van der Waals surface area contributed by atoms with Gasteiger partial charge in [0.15, 0.2) is 0 Å². The Kier molecular flexibility index (Phi) is 4.25. The van der Waals surface area contributed by atoms with Gasteiger partial charge in [-0.15, -0.1) is 0 Å². The molecule has 3 rings (SSSR count). The normalized spacial score (nSPS) is 16.3. The summed E-state index contributed by atoms with van der Waals surface area (Å²) in [5.41, 5.74) is 5.44.